The molecule has 0 saturated carbocycles. The summed E-state index contributed by atoms with van der Waals surface area (Å²) < 4.78 is 4.41. The Morgan fingerprint density at radius 1 is 1.36 bits per heavy atom. The summed E-state index contributed by atoms with van der Waals surface area (Å²) in [6, 6.07) is 9.55. The maximum atomic E-state index is 10.6. The summed E-state index contributed by atoms with van der Waals surface area (Å²) in [7, 11) is 1.33. The molecule has 0 bridgehead atoms. The van der Waals surface area contributed by atoms with E-state index >= 15 is 0 Å². The highest BCUT2D eigenvalue weighted by Crippen LogP contribution is 1.94. The van der Waals surface area contributed by atoms with Crippen molar-refractivity contribution in [2.75, 3.05) is 7.11 Å². The minimum atomic E-state index is -0.396. The third kappa shape index (κ3) is 3.59. The molecule has 0 fully saturated rings. The Labute approximate surface area is 83.2 Å². The van der Waals surface area contributed by atoms with Gasteiger partial charge in [0, 0.05) is 11.6 Å². The number of esters is 1. The first-order chi connectivity index (χ1) is 6.83. The second-order valence-corrected chi connectivity index (χ2v) is 2.49. The van der Waals surface area contributed by atoms with E-state index in [0.29, 0.717) is 0 Å². The molecule has 0 aliphatic carbocycles. The lowest BCUT2D eigenvalue weighted by Crippen LogP contribution is -1.92. The van der Waals surface area contributed by atoms with Crippen LogP contribution >= 0.6 is 0 Å². The predicted molar refractivity (Wildman–Crippen MR) is 54.5 cm³/mol. The number of carbonyl (C=O) groups is 1. The molecule has 0 aromatic heterocycles. The monoisotopic (exact) mass is 186 g/mol. The summed E-state index contributed by atoms with van der Waals surface area (Å²) in [4.78, 5) is 10.6. The van der Waals surface area contributed by atoms with Gasteiger partial charge in [-0.25, -0.2) is 4.79 Å². The fourth-order valence-corrected chi connectivity index (χ4v) is 0.824. The van der Waals surface area contributed by atoms with Crippen LogP contribution in [0.1, 0.15) is 5.56 Å². The molecule has 1 rings (SSSR count). The van der Waals surface area contributed by atoms with E-state index < -0.39 is 5.97 Å². The highest BCUT2D eigenvalue weighted by molar-refractivity contribution is 5.82. The third-order valence-electron chi connectivity index (χ3n) is 1.49. The molecule has 2 heteroatoms. The van der Waals surface area contributed by atoms with Crippen LogP contribution in [0, 0.1) is 11.8 Å². The van der Waals surface area contributed by atoms with Crippen LogP contribution in [0.2, 0.25) is 0 Å². The smallest absolute Gasteiger partial charge is 0.331 e. The largest absolute Gasteiger partial charge is 0.466 e. The van der Waals surface area contributed by atoms with E-state index in [9.17, 15) is 4.79 Å². The van der Waals surface area contributed by atoms with Crippen molar-refractivity contribution >= 4 is 5.97 Å². The molecule has 2 nitrogen and oxygen atoms in total. The van der Waals surface area contributed by atoms with Gasteiger partial charge in [-0.2, -0.15) is 0 Å². The fraction of sp³-hybridized carbons (Fsp3) is 0.0833. The Morgan fingerprint density at radius 3 is 2.71 bits per heavy atom. The normalized spacial score (nSPS) is 9.21. The topological polar surface area (TPSA) is 26.3 Å². The van der Waals surface area contributed by atoms with Gasteiger partial charge < -0.3 is 4.74 Å². The summed E-state index contributed by atoms with van der Waals surface area (Å²) in [5.41, 5.74) is 0.919. The molecular formula is C12H10O2. The molecule has 0 unspecified atom stereocenters. The average Bonchev–Trinajstić information content (AvgIpc) is 2.25. The number of hydrogen-bond acceptors (Lipinski definition) is 2. The molecule has 70 valence electrons. The van der Waals surface area contributed by atoms with Crippen molar-refractivity contribution in [3.05, 3.63) is 48.0 Å². The van der Waals surface area contributed by atoms with E-state index in [1.807, 2.05) is 30.3 Å². The Morgan fingerprint density at radius 2 is 2.07 bits per heavy atom. The van der Waals surface area contributed by atoms with Gasteiger partial charge in [-0.1, -0.05) is 30.0 Å². The van der Waals surface area contributed by atoms with Crippen LogP contribution < -0.4 is 0 Å². The molecule has 0 saturated heterocycles. The third-order valence-corrected chi connectivity index (χ3v) is 1.49. The van der Waals surface area contributed by atoms with Crippen molar-refractivity contribution in [1.29, 1.82) is 0 Å². The fourth-order valence-electron chi connectivity index (χ4n) is 0.824. The first-order valence-electron chi connectivity index (χ1n) is 4.14. The van der Waals surface area contributed by atoms with Crippen molar-refractivity contribution in [2.24, 2.45) is 0 Å². The SMILES string of the molecule is COC(=O)C=CC#Cc1ccccc1. The number of hydrogen-bond donors (Lipinski definition) is 0. The van der Waals surface area contributed by atoms with Crippen molar-refractivity contribution in [1.82, 2.24) is 0 Å². The van der Waals surface area contributed by atoms with Gasteiger partial charge >= 0.3 is 5.97 Å². The molecular weight excluding hydrogens is 176 g/mol. The van der Waals surface area contributed by atoms with Crippen molar-refractivity contribution in [2.45, 2.75) is 0 Å². The Balaban J connectivity index is 2.57. The zero-order valence-corrected chi connectivity index (χ0v) is 7.86. The van der Waals surface area contributed by atoms with Gasteiger partial charge in [0.25, 0.3) is 0 Å². The summed E-state index contributed by atoms with van der Waals surface area (Å²) in [6.45, 7) is 0. The number of benzene rings is 1. The van der Waals surface area contributed by atoms with Gasteiger partial charge in [0.05, 0.1) is 7.11 Å². The number of carbonyl (C=O) groups excluding carboxylic acids is 1. The van der Waals surface area contributed by atoms with Gasteiger partial charge in [-0.3, -0.25) is 0 Å². The van der Waals surface area contributed by atoms with Crippen molar-refractivity contribution < 1.29 is 9.53 Å². The summed E-state index contributed by atoms with van der Waals surface area (Å²) in [5, 5.41) is 0. The highest BCUT2D eigenvalue weighted by atomic mass is 16.5. The average molecular weight is 186 g/mol. The molecule has 0 aliphatic rings. The standard InChI is InChI=1S/C12H10O2/c1-14-12(13)10-6-5-9-11-7-3-2-4-8-11/h2-4,6-8,10H,1H3. The summed E-state index contributed by atoms with van der Waals surface area (Å²) in [5.74, 6) is 5.22. The zero-order valence-electron chi connectivity index (χ0n) is 7.86. The zero-order chi connectivity index (χ0) is 10.2. The van der Waals surface area contributed by atoms with Gasteiger partial charge in [0.15, 0.2) is 0 Å². The quantitative estimate of drug-likeness (QED) is 0.379. The van der Waals surface area contributed by atoms with Crippen LogP contribution in [-0.4, -0.2) is 13.1 Å². The van der Waals surface area contributed by atoms with E-state index in [1.54, 1.807) is 0 Å². The van der Waals surface area contributed by atoms with E-state index in [0.717, 1.165) is 5.56 Å². The molecule has 1 aromatic rings. The lowest BCUT2D eigenvalue weighted by atomic mass is 10.2. The Kier molecular flexibility index (Phi) is 4.03. The minimum Gasteiger partial charge on any atom is -0.466 e. The van der Waals surface area contributed by atoms with E-state index in [-0.39, 0.29) is 0 Å². The van der Waals surface area contributed by atoms with Gasteiger partial charge in [-0.15, -0.1) is 0 Å². The van der Waals surface area contributed by atoms with Crippen LogP contribution in [0.5, 0.6) is 0 Å². The van der Waals surface area contributed by atoms with Crippen LogP contribution in [-0.2, 0) is 9.53 Å². The highest BCUT2D eigenvalue weighted by Gasteiger charge is 1.86. The molecule has 0 spiro atoms. The lowest BCUT2D eigenvalue weighted by Gasteiger charge is -1.86. The van der Waals surface area contributed by atoms with E-state index in [1.165, 1.54) is 19.3 Å². The van der Waals surface area contributed by atoms with Crippen molar-refractivity contribution in [3.63, 3.8) is 0 Å². The predicted octanol–water partition coefficient (Wildman–Crippen LogP) is 1.77. The Hall–Kier alpha value is -2.01. The first-order valence-corrected chi connectivity index (χ1v) is 4.14. The van der Waals surface area contributed by atoms with E-state index in [2.05, 4.69) is 16.6 Å². The van der Waals surface area contributed by atoms with Crippen LogP contribution in [0.3, 0.4) is 0 Å². The molecule has 14 heavy (non-hydrogen) atoms. The van der Waals surface area contributed by atoms with E-state index in [4.69, 9.17) is 0 Å². The van der Waals surface area contributed by atoms with Gasteiger partial charge in [0.2, 0.25) is 0 Å². The molecule has 1 aromatic carbocycles. The first kappa shape index (κ1) is 10.1. The van der Waals surface area contributed by atoms with Crippen LogP contribution in [0.15, 0.2) is 42.5 Å². The van der Waals surface area contributed by atoms with Crippen molar-refractivity contribution in [3.8, 4) is 11.8 Å². The van der Waals surface area contributed by atoms with Crippen LogP contribution in [0.25, 0.3) is 0 Å². The number of ether oxygens (including phenoxy) is 1. The molecule has 0 heterocycles. The molecule has 0 N–H and O–H groups in total. The number of methoxy groups -OCH3 is 1. The van der Waals surface area contributed by atoms with Gasteiger partial charge in [0.1, 0.15) is 0 Å². The van der Waals surface area contributed by atoms with Crippen LogP contribution in [0.4, 0.5) is 0 Å². The van der Waals surface area contributed by atoms with Gasteiger partial charge in [-0.05, 0) is 18.2 Å². The maximum absolute atomic E-state index is 10.6. The second kappa shape index (κ2) is 5.60. The molecule has 0 atom stereocenters. The molecule has 0 radical (unpaired) electrons. The maximum Gasteiger partial charge on any atom is 0.331 e. The lowest BCUT2D eigenvalue weighted by molar-refractivity contribution is -0.134. The number of rotatable bonds is 1. The minimum absolute atomic E-state index is 0.396. The Bertz CT molecular complexity index is 380. The number of allylic oxidation sites excluding steroid dienone is 1. The summed E-state index contributed by atoms with van der Waals surface area (Å²) >= 11 is 0. The summed E-state index contributed by atoms with van der Waals surface area (Å²) in [6.07, 6.45) is 2.76. The second-order valence-electron chi connectivity index (χ2n) is 2.49. The molecule has 0 aliphatic heterocycles. The molecule has 0 amide bonds.